The van der Waals surface area contributed by atoms with Gasteiger partial charge in [0, 0.05) is 44.7 Å². The Morgan fingerprint density at radius 2 is 0.709 bits per heavy atom. The normalized spacial score (nSPS) is 18.1. The van der Waals surface area contributed by atoms with Crippen LogP contribution in [-0.4, -0.2) is 6.71 Å². The van der Waals surface area contributed by atoms with Crippen LogP contribution in [0, 0.1) is 0 Å². The highest BCUT2D eigenvalue weighted by Gasteiger charge is 2.50. The van der Waals surface area contributed by atoms with E-state index in [0.717, 1.165) is 0 Å². The van der Waals surface area contributed by atoms with Crippen LogP contribution < -0.4 is 26.2 Å². The molecule has 2 heterocycles. The summed E-state index contributed by atoms with van der Waals surface area (Å²) in [5.74, 6) is 0. The zero-order valence-corrected chi connectivity index (χ0v) is 31.1. The van der Waals surface area contributed by atoms with Gasteiger partial charge in [-0.15, -0.1) is 0 Å². The highest BCUT2D eigenvalue weighted by Crippen LogP contribution is 2.62. The van der Waals surface area contributed by atoms with E-state index in [9.17, 15) is 0 Å². The van der Waals surface area contributed by atoms with Crippen LogP contribution in [-0.2, 0) is 10.8 Å². The van der Waals surface area contributed by atoms with Crippen LogP contribution in [0.2, 0.25) is 0 Å². The summed E-state index contributed by atoms with van der Waals surface area (Å²) in [6.45, 7) is 0.126. The van der Waals surface area contributed by atoms with E-state index in [1.165, 1.54) is 146 Å². The Hall–Kier alpha value is -5.80. The third-order valence-corrected chi connectivity index (χ3v) is 14.7. The van der Waals surface area contributed by atoms with Gasteiger partial charge in [-0.3, -0.25) is 0 Å². The predicted octanol–water partition coefficient (Wildman–Crippen LogP) is 11.5. The Bertz CT molecular complexity index is 2580. The summed E-state index contributed by atoms with van der Waals surface area (Å²) in [6, 6.07) is 58.7. The molecule has 7 aromatic carbocycles. The monoisotopic (exact) mass is 704 g/mol. The van der Waals surface area contributed by atoms with Gasteiger partial charge >= 0.3 is 0 Å². The first-order valence-electron chi connectivity index (χ1n) is 20.7. The van der Waals surface area contributed by atoms with Crippen molar-refractivity contribution >= 4 is 57.2 Å². The first kappa shape index (κ1) is 30.5. The average Bonchev–Trinajstić information content (AvgIpc) is 4.05. The third-order valence-electron chi connectivity index (χ3n) is 14.7. The van der Waals surface area contributed by atoms with Gasteiger partial charge in [-0.2, -0.15) is 0 Å². The summed E-state index contributed by atoms with van der Waals surface area (Å²) in [7, 11) is 0. The van der Waals surface area contributed by atoms with E-state index in [1.807, 2.05) is 0 Å². The SMILES string of the molecule is c1ccc2c(c1)B1c3ccccc3N(c3cccc4c3-c3ccccc3C43CCCC3)c3cccc(c31)N2c1cccc2c1-c1ccccc1C21CCCC1. The Kier molecular flexibility index (Phi) is 6.06. The van der Waals surface area contributed by atoms with Crippen LogP contribution in [0.3, 0.4) is 0 Å². The predicted molar refractivity (Wildman–Crippen MR) is 230 cm³/mol. The molecule has 0 bridgehead atoms. The zero-order chi connectivity index (χ0) is 35.9. The number of nitrogens with zero attached hydrogens (tertiary/aromatic N) is 2. The fourth-order valence-corrected chi connectivity index (χ4v) is 12.7. The molecule has 55 heavy (non-hydrogen) atoms. The molecule has 2 fully saturated rings. The van der Waals surface area contributed by atoms with E-state index in [-0.39, 0.29) is 17.5 Å². The number of hydrogen-bond acceptors (Lipinski definition) is 2. The van der Waals surface area contributed by atoms with Gasteiger partial charge < -0.3 is 9.80 Å². The second kappa shape index (κ2) is 10.9. The van der Waals surface area contributed by atoms with E-state index < -0.39 is 0 Å². The molecule has 3 heteroatoms. The van der Waals surface area contributed by atoms with Crippen LogP contribution in [0.15, 0.2) is 152 Å². The summed E-state index contributed by atoms with van der Waals surface area (Å²) in [5, 5.41) is 0. The van der Waals surface area contributed by atoms with E-state index in [1.54, 1.807) is 0 Å². The van der Waals surface area contributed by atoms with Gasteiger partial charge in [-0.05, 0) is 112 Å². The van der Waals surface area contributed by atoms with Crippen molar-refractivity contribution in [2.75, 3.05) is 9.80 Å². The van der Waals surface area contributed by atoms with Crippen molar-refractivity contribution in [1.29, 1.82) is 0 Å². The van der Waals surface area contributed by atoms with Crippen molar-refractivity contribution in [3.63, 3.8) is 0 Å². The van der Waals surface area contributed by atoms with Crippen molar-refractivity contribution in [3.8, 4) is 22.3 Å². The molecule has 2 spiro atoms. The fraction of sp³-hybridized carbons (Fsp3) is 0.192. The van der Waals surface area contributed by atoms with Crippen molar-refractivity contribution in [1.82, 2.24) is 0 Å². The average molecular weight is 705 g/mol. The number of fused-ring (bicyclic) bond motifs is 14. The maximum Gasteiger partial charge on any atom is 0.252 e. The lowest BCUT2D eigenvalue weighted by molar-refractivity contribution is 0.550. The van der Waals surface area contributed by atoms with Crippen LogP contribution in [0.4, 0.5) is 34.1 Å². The molecule has 0 aromatic heterocycles. The smallest absolute Gasteiger partial charge is 0.252 e. The Morgan fingerprint density at radius 1 is 0.345 bits per heavy atom. The molecule has 2 saturated carbocycles. The quantitative estimate of drug-likeness (QED) is 0.165. The molecule has 0 amide bonds. The molecular weight excluding hydrogens is 663 g/mol. The lowest BCUT2D eigenvalue weighted by atomic mass is 9.33. The molecule has 2 aliphatic heterocycles. The Labute approximate surface area is 324 Å². The van der Waals surface area contributed by atoms with Gasteiger partial charge in [0.1, 0.15) is 0 Å². The summed E-state index contributed by atoms with van der Waals surface area (Å²) in [5.41, 5.74) is 24.0. The van der Waals surface area contributed by atoms with Gasteiger partial charge in [0.25, 0.3) is 6.71 Å². The zero-order valence-electron chi connectivity index (χ0n) is 31.1. The second-order valence-corrected chi connectivity index (χ2v) is 17.0. The van der Waals surface area contributed by atoms with Gasteiger partial charge in [0.2, 0.25) is 0 Å². The van der Waals surface area contributed by atoms with Crippen LogP contribution in [0.5, 0.6) is 0 Å². The molecule has 4 aliphatic carbocycles. The molecule has 0 N–H and O–H groups in total. The molecule has 7 aromatic rings. The van der Waals surface area contributed by atoms with E-state index >= 15 is 0 Å². The van der Waals surface area contributed by atoms with Crippen molar-refractivity contribution < 1.29 is 0 Å². The molecule has 0 unspecified atom stereocenters. The van der Waals surface area contributed by atoms with Crippen molar-refractivity contribution in [2.24, 2.45) is 0 Å². The summed E-state index contributed by atoms with van der Waals surface area (Å²) in [4.78, 5) is 5.28. The summed E-state index contributed by atoms with van der Waals surface area (Å²) in [6.07, 6.45) is 10.1. The summed E-state index contributed by atoms with van der Waals surface area (Å²) < 4.78 is 0. The lowest BCUT2D eigenvalue weighted by Crippen LogP contribution is -2.61. The molecule has 13 rings (SSSR count). The van der Waals surface area contributed by atoms with E-state index in [0.29, 0.717) is 0 Å². The molecule has 6 aliphatic rings. The number of hydrogen-bond donors (Lipinski definition) is 0. The number of para-hydroxylation sites is 2. The number of anilines is 6. The third kappa shape index (κ3) is 3.73. The van der Waals surface area contributed by atoms with Gasteiger partial charge in [-0.1, -0.05) is 141 Å². The largest absolute Gasteiger partial charge is 0.311 e. The van der Waals surface area contributed by atoms with Gasteiger partial charge in [-0.25, -0.2) is 0 Å². The standard InChI is InChI=1S/C52H41BN2/c1-3-18-36-34(16-1)48-38(51(36)30-9-10-31-51)20-13-26-44(48)54-42-24-7-5-22-40(42)53-41-23-6-8-25-43(41)55(47-29-15-28-46(54)50(47)53)45-27-14-21-39-49(45)35-17-2-4-19-37(35)52(39)32-11-12-33-52/h1-8,13-29H,9-12,30-33H2. The first-order valence-corrected chi connectivity index (χ1v) is 20.7. The van der Waals surface area contributed by atoms with Crippen molar-refractivity contribution in [3.05, 3.63) is 174 Å². The van der Waals surface area contributed by atoms with E-state index in [2.05, 4.69) is 161 Å². The minimum atomic E-state index is 0.117. The molecule has 262 valence electrons. The molecule has 0 atom stereocenters. The highest BCUT2D eigenvalue weighted by molar-refractivity contribution is 7.00. The summed E-state index contributed by atoms with van der Waals surface area (Å²) >= 11 is 0. The second-order valence-electron chi connectivity index (χ2n) is 17.0. The minimum absolute atomic E-state index is 0.117. The van der Waals surface area contributed by atoms with Crippen LogP contribution in [0.1, 0.15) is 73.6 Å². The van der Waals surface area contributed by atoms with Gasteiger partial charge in [0.15, 0.2) is 0 Å². The fourth-order valence-electron chi connectivity index (χ4n) is 12.7. The first-order chi connectivity index (χ1) is 27.3. The van der Waals surface area contributed by atoms with E-state index in [4.69, 9.17) is 0 Å². The topological polar surface area (TPSA) is 6.48 Å². The maximum absolute atomic E-state index is 2.64. The van der Waals surface area contributed by atoms with Gasteiger partial charge in [0.05, 0.1) is 11.4 Å². The Morgan fingerprint density at radius 3 is 1.20 bits per heavy atom. The Balaban J connectivity index is 1.09. The number of benzene rings is 7. The molecule has 0 saturated heterocycles. The molecule has 0 radical (unpaired) electrons. The van der Waals surface area contributed by atoms with Crippen LogP contribution >= 0.6 is 0 Å². The lowest BCUT2D eigenvalue weighted by Gasteiger charge is -2.44. The van der Waals surface area contributed by atoms with Crippen LogP contribution in [0.25, 0.3) is 22.3 Å². The molecule has 2 nitrogen and oxygen atoms in total. The maximum atomic E-state index is 2.64. The number of rotatable bonds is 2. The molecular formula is C52H41BN2. The van der Waals surface area contributed by atoms with Crippen molar-refractivity contribution in [2.45, 2.75) is 62.2 Å². The minimum Gasteiger partial charge on any atom is -0.311 e. The highest BCUT2D eigenvalue weighted by atomic mass is 15.2.